The van der Waals surface area contributed by atoms with E-state index in [1.54, 1.807) is 23.3 Å². The monoisotopic (exact) mass is 438 g/mol. The maximum absolute atomic E-state index is 13.6. The third-order valence-electron chi connectivity index (χ3n) is 5.41. The van der Waals surface area contributed by atoms with E-state index in [4.69, 9.17) is 4.42 Å². The highest BCUT2D eigenvalue weighted by molar-refractivity contribution is 5.89. The summed E-state index contributed by atoms with van der Waals surface area (Å²) in [5, 5.41) is 2.94. The van der Waals surface area contributed by atoms with Gasteiger partial charge in [0.15, 0.2) is 0 Å². The highest BCUT2D eigenvalue weighted by atomic mass is 16.3. The molecule has 1 aromatic heterocycles. The Balaban J connectivity index is 1.66. The molecule has 1 heterocycles. The number of nitrogens with zero attached hydrogens (tertiary/aromatic N) is 1. The van der Waals surface area contributed by atoms with Crippen LogP contribution in [0.5, 0.6) is 0 Å². The first-order valence-corrected chi connectivity index (χ1v) is 10.9. The van der Waals surface area contributed by atoms with Crippen molar-refractivity contribution in [2.24, 2.45) is 0 Å². The Kier molecular flexibility index (Phi) is 7.33. The number of benzene rings is 3. The van der Waals surface area contributed by atoms with Gasteiger partial charge in [0.25, 0.3) is 0 Å². The number of carbonyl (C=O) groups excluding carboxylic acids is 2. The van der Waals surface area contributed by atoms with Gasteiger partial charge in [0, 0.05) is 6.54 Å². The number of hydrogen-bond donors (Lipinski definition) is 1. The van der Waals surface area contributed by atoms with Crippen LogP contribution in [-0.2, 0) is 29.1 Å². The highest BCUT2D eigenvalue weighted by Gasteiger charge is 2.31. The van der Waals surface area contributed by atoms with Crippen molar-refractivity contribution in [3.05, 3.63) is 132 Å². The molecule has 3 aromatic carbocycles. The van der Waals surface area contributed by atoms with Crippen molar-refractivity contribution in [2.75, 3.05) is 0 Å². The van der Waals surface area contributed by atoms with Gasteiger partial charge in [0.1, 0.15) is 11.8 Å². The molecule has 0 spiro atoms. The molecule has 0 fully saturated rings. The maximum atomic E-state index is 13.6. The highest BCUT2D eigenvalue weighted by Crippen LogP contribution is 2.25. The van der Waals surface area contributed by atoms with E-state index in [-0.39, 0.29) is 24.8 Å². The topological polar surface area (TPSA) is 62.6 Å². The number of amides is 2. The Morgan fingerprint density at radius 3 is 1.97 bits per heavy atom. The van der Waals surface area contributed by atoms with Crippen molar-refractivity contribution >= 4 is 11.8 Å². The van der Waals surface area contributed by atoms with Crippen LogP contribution in [-0.4, -0.2) is 16.7 Å². The minimum atomic E-state index is -0.780. The average Bonchev–Trinajstić information content (AvgIpc) is 3.38. The van der Waals surface area contributed by atoms with E-state index in [0.717, 1.165) is 16.7 Å². The quantitative estimate of drug-likeness (QED) is 0.404. The normalized spacial score (nSPS) is 11.5. The molecule has 5 heteroatoms. The zero-order valence-electron chi connectivity index (χ0n) is 18.3. The molecule has 0 bridgehead atoms. The van der Waals surface area contributed by atoms with Gasteiger partial charge in [-0.15, -0.1) is 0 Å². The van der Waals surface area contributed by atoms with E-state index in [9.17, 15) is 9.59 Å². The molecule has 1 N–H and O–H groups in total. The van der Waals surface area contributed by atoms with Crippen LogP contribution in [0.1, 0.15) is 28.5 Å². The summed E-state index contributed by atoms with van der Waals surface area (Å²) in [7, 11) is 0. The SMILES string of the molecule is O=C(NCc1ccco1)[C@H](c1ccccc1)N(Cc1ccccc1)C(=O)Cc1ccccc1. The van der Waals surface area contributed by atoms with Gasteiger partial charge in [-0.05, 0) is 28.8 Å². The molecule has 0 aliphatic carbocycles. The first-order chi connectivity index (χ1) is 16.2. The van der Waals surface area contributed by atoms with E-state index in [0.29, 0.717) is 12.3 Å². The van der Waals surface area contributed by atoms with Crippen LogP contribution in [0.4, 0.5) is 0 Å². The van der Waals surface area contributed by atoms with Gasteiger partial charge in [-0.3, -0.25) is 9.59 Å². The van der Waals surface area contributed by atoms with Gasteiger partial charge in [0.05, 0.1) is 19.2 Å². The summed E-state index contributed by atoms with van der Waals surface area (Å²) in [5.74, 6) is 0.280. The second-order valence-electron chi connectivity index (χ2n) is 7.78. The molecule has 0 unspecified atom stereocenters. The number of hydrogen-bond acceptors (Lipinski definition) is 3. The summed E-state index contributed by atoms with van der Waals surface area (Å²) in [6, 6.07) is 31.5. The molecule has 4 aromatic rings. The van der Waals surface area contributed by atoms with Crippen molar-refractivity contribution in [1.29, 1.82) is 0 Å². The standard InChI is InChI=1S/C28H26N2O3/c31-26(19-22-11-4-1-5-12-22)30(21-23-13-6-2-7-14-23)27(24-15-8-3-9-16-24)28(32)29-20-25-17-10-18-33-25/h1-18,27H,19-21H2,(H,29,32)/t27-/m0/s1. The zero-order valence-corrected chi connectivity index (χ0v) is 18.3. The molecule has 0 radical (unpaired) electrons. The second kappa shape index (κ2) is 11.0. The molecule has 166 valence electrons. The van der Waals surface area contributed by atoms with Crippen molar-refractivity contribution in [1.82, 2.24) is 10.2 Å². The lowest BCUT2D eigenvalue weighted by molar-refractivity contribution is -0.141. The van der Waals surface area contributed by atoms with Crippen LogP contribution >= 0.6 is 0 Å². The molecule has 33 heavy (non-hydrogen) atoms. The number of rotatable bonds is 9. The molecule has 0 saturated heterocycles. The third kappa shape index (κ3) is 5.98. The summed E-state index contributed by atoms with van der Waals surface area (Å²) in [6.45, 7) is 0.571. The second-order valence-corrected chi connectivity index (χ2v) is 7.78. The smallest absolute Gasteiger partial charge is 0.247 e. The Hall–Kier alpha value is -4.12. The molecule has 2 amide bonds. The van der Waals surface area contributed by atoms with E-state index in [1.165, 1.54) is 0 Å². The van der Waals surface area contributed by atoms with Crippen molar-refractivity contribution < 1.29 is 14.0 Å². The minimum Gasteiger partial charge on any atom is -0.467 e. The molecular formula is C28H26N2O3. The third-order valence-corrected chi connectivity index (χ3v) is 5.41. The molecule has 1 atom stereocenters. The Labute approximate surface area is 193 Å². The summed E-state index contributed by atoms with van der Waals surface area (Å²) in [5.41, 5.74) is 2.62. The summed E-state index contributed by atoms with van der Waals surface area (Å²) in [4.78, 5) is 28.7. The zero-order chi connectivity index (χ0) is 22.9. The molecule has 4 rings (SSSR count). The Morgan fingerprint density at radius 1 is 0.758 bits per heavy atom. The van der Waals surface area contributed by atoms with E-state index >= 15 is 0 Å². The van der Waals surface area contributed by atoms with E-state index in [2.05, 4.69) is 5.32 Å². The van der Waals surface area contributed by atoms with Crippen molar-refractivity contribution in [3.8, 4) is 0 Å². The largest absolute Gasteiger partial charge is 0.467 e. The lowest BCUT2D eigenvalue weighted by Gasteiger charge is -2.31. The van der Waals surface area contributed by atoms with Gasteiger partial charge in [0.2, 0.25) is 11.8 Å². The van der Waals surface area contributed by atoms with Crippen LogP contribution < -0.4 is 5.32 Å². The van der Waals surface area contributed by atoms with Crippen LogP contribution in [0.2, 0.25) is 0 Å². The number of nitrogens with one attached hydrogen (secondary N) is 1. The van der Waals surface area contributed by atoms with Crippen molar-refractivity contribution in [3.63, 3.8) is 0 Å². The van der Waals surface area contributed by atoms with Gasteiger partial charge in [-0.1, -0.05) is 91.0 Å². The summed E-state index contributed by atoms with van der Waals surface area (Å²) >= 11 is 0. The molecule has 0 aliphatic rings. The lowest BCUT2D eigenvalue weighted by Crippen LogP contribution is -2.43. The molecule has 5 nitrogen and oxygen atoms in total. The van der Waals surface area contributed by atoms with Crippen LogP contribution in [0.15, 0.2) is 114 Å². The molecule has 0 saturated carbocycles. The van der Waals surface area contributed by atoms with E-state index < -0.39 is 6.04 Å². The van der Waals surface area contributed by atoms with Crippen LogP contribution in [0.25, 0.3) is 0 Å². The molecular weight excluding hydrogens is 412 g/mol. The fourth-order valence-electron chi connectivity index (χ4n) is 3.77. The maximum Gasteiger partial charge on any atom is 0.247 e. The van der Waals surface area contributed by atoms with Gasteiger partial charge in [-0.25, -0.2) is 0 Å². The summed E-state index contributed by atoms with van der Waals surface area (Å²) in [6.07, 6.45) is 1.78. The average molecular weight is 439 g/mol. The first kappa shape index (κ1) is 22.1. The van der Waals surface area contributed by atoms with Gasteiger partial charge in [-0.2, -0.15) is 0 Å². The fraction of sp³-hybridized carbons (Fsp3) is 0.143. The van der Waals surface area contributed by atoms with Gasteiger partial charge >= 0.3 is 0 Å². The Bertz CT molecular complexity index is 1140. The predicted molar refractivity (Wildman–Crippen MR) is 127 cm³/mol. The van der Waals surface area contributed by atoms with Gasteiger partial charge < -0.3 is 14.6 Å². The van der Waals surface area contributed by atoms with Crippen molar-refractivity contribution in [2.45, 2.75) is 25.6 Å². The first-order valence-electron chi connectivity index (χ1n) is 10.9. The predicted octanol–water partition coefficient (Wildman–Crippen LogP) is 4.91. The van der Waals surface area contributed by atoms with E-state index in [1.807, 2.05) is 91.0 Å². The lowest BCUT2D eigenvalue weighted by atomic mass is 10.0. The minimum absolute atomic E-state index is 0.118. The molecule has 0 aliphatic heterocycles. The van der Waals surface area contributed by atoms with Crippen LogP contribution in [0, 0.1) is 0 Å². The Morgan fingerprint density at radius 2 is 1.36 bits per heavy atom. The number of carbonyl (C=O) groups is 2. The summed E-state index contributed by atoms with van der Waals surface area (Å²) < 4.78 is 5.36. The number of furan rings is 1. The van der Waals surface area contributed by atoms with Crippen LogP contribution in [0.3, 0.4) is 0 Å². The fourth-order valence-corrected chi connectivity index (χ4v) is 3.77.